The van der Waals surface area contributed by atoms with Crippen LogP contribution in [0.2, 0.25) is 0 Å². The summed E-state index contributed by atoms with van der Waals surface area (Å²) in [5.74, 6) is -3.04. The van der Waals surface area contributed by atoms with Gasteiger partial charge in [0.15, 0.2) is 0 Å². The van der Waals surface area contributed by atoms with Crippen molar-refractivity contribution in [2.75, 3.05) is 13.1 Å². The van der Waals surface area contributed by atoms with Crippen molar-refractivity contribution in [2.45, 2.75) is 57.7 Å². The number of carbonyl (C=O) groups is 5. The number of aliphatic carboxylic acids is 1. The highest BCUT2D eigenvalue weighted by atomic mass is 16.4. The third kappa shape index (κ3) is 7.78. The summed E-state index contributed by atoms with van der Waals surface area (Å²) in [5.41, 5.74) is 0.613. The number of amides is 4. The molecule has 0 aliphatic carbocycles. The maximum absolute atomic E-state index is 12.7. The lowest BCUT2D eigenvalue weighted by molar-refractivity contribution is -0.144. The zero-order valence-corrected chi connectivity index (χ0v) is 18.7. The lowest BCUT2D eigenvalue weighted by Gasteiger charge is -2.33. The fourth-order valence-electron chi connectivity index (χ4n) is 3.42. The van der Waals surface area contributed by atoms with Crippen LogP contribution in [-0.4, -0.2) is 75.9 Å². The molecule has 1 aliphatic heterocycles. The molecule has 180 valence electrons. The number of benzene rings is 1. The fraction of sp³-hybridized carbons (Fsp3) is 0.500. The molecule has 33 heavy (non-hydrogen) atoms. The van der Waals surface area contributed by atoms with Crippen molar-refractivity contribution in [3.05, 3.63) is 29.8 Å². The predicted octanol–water partition coefficient (Wildman–Crippen LogP) is -0.474. The van der Waals surface area contributed by atoms with Gasteiger partial charge in [0.2, 0.25) is 23.6 Å². The molecule has 2 rings (SSSR count). The van der Waals surface area contributed by atoms with Crippen LogP contribution < -0.4 is 16.0 Å². The number of nitrogens with one attached hydrogen (secondary N) is 3. The first-order valence-electron chi connectivity index (χ1n) is 10.8. The van der Waals surface area contributed by atoms with Crippen LogP contribution in [0, 0.1) is 0 Å². The highest BCUT2D eigenvalue weighted by molar-refractivity contribution is 5.94. The van der Waals surface area contributed by atoms with Crippen molar-refractivity contribution in [3.63, 3.8) is 0 Å². The van der Waals surface area contributed by atoms with Gasteiger partial charge in [-0.2, -0.15) is 0 Å². The summed E-state index contributed by atoms with van der Waals surface area (Å²) in [5, 5.41) is 26.3. The normalized spacial score (nSPS) is 17.6. The smallest absolute Gasteiger partial charge is 0.326 e. The first-order chi connectivity index (χ1) is 15.6. The maximum atomic E-state index is 12.7. The number of carboxylic acid groups (broad SMARTS) is 1. The van der Waals surface area contributed by atoms with Crippen LogP contribution in [0.5, 0.6) is 5.75 Å². The number of piperidine rings is 1. The Balaban J connectivity index is 1.92. The highest BCUT2D eigenvalue weighted by Crippen LogP contribution is 2.13. The number of carboxylic acids is 1. The van der Waals surface area contributed by atoms with Crippen LogP contribution in [0.3, 0.4) is 0 Å². The van der Waals surface area contributed by atoms with Gasteiger partial charge in [0.05, 0.1) is 6.54 Å². The lowest BCUT2D eigenvalue weighted by Crippen LogP contribution is -2.57. The molecule has 5 N–H and O–H groups in total. The second kappa shape index (κ2) is 11.8. The molecule has 4 amide bonds. The fourth-order valence-corrected chi connectivity index (χ4v) is 3.42. The number of hydrogen-bond donors (Lipinski definition) is 5. The lowest BCUT2D eigenvalue weighted by atomic mass is 10.0. The van der Waals surface area contributed by atoms with Crippen molar-refractivity contribution >= 4 is 29.6 Å². The topological polar surface area (TPSA) is 165 Å². The third-order valence-electron chi connectivity index (χ3n) is 5.28. The Hall–Kier alpha value is -3.63. The summed E-state index contributed by atoms with van der Waals surface area (Å²) < 4.78 is 0. The summed E-state index contributed by atoms with van der Waals surface area (Å²) >= 11 is 0. The van der Waals surface area contributed by atoms with E-state index in [0.29, 0.717) is 24.9 Å². The van der Waals surface area contributed by atoms with Gasteiger partial charge in [-0.25, -0.2) is 4.79 Å². The van der Waals surface area contributed by atoms with Crippen LogP contribution in [0.15, 0.2) is 24.3 Å². The van der Waals surface area contributed by atoms with Crippen LogP contribution in [0.4, 0.5) is 0 Å². The van der Waals surface area contributed by atoms with Gasteiger partial charge in [-0.05, 0) is 37.5 Å². The van der Waals surface area contributed by atoms with E-state index < -0.39 is 41.8 Å². The summed E-state index contributed by atoms with van der Waals surface area (Å²) in [6.07, 6.45) is 1.19. The number of nitrogens with zero attached hydrogens (tertiary/aromatic N) is 1. The monoisotopic (exact) mass is 462 g/mol. The van der Waals surface area contributed by atoms with E-state index in [2.05, 4.69) is 16.0 Å². The predicted molar refractivity (Wildman–Crippen MR) is 117 cm³/mol. The zero-order chi connectivity index (χ0) is 24.5. The number of phenols is 1. The molecule has 3 unspecified atom stereocenters. The largest absolute Gasteiger partial charge is 0.508 e. The number of aromatic hydroxyl groups is 1. The van der Waals surface area contributed by atoms with E-state index in [1.54, 1.807) is 19.1 Å². The van der Waals surface area contributed by atoms with Gasteiger partial charge in [-0.1, -0.05) is 19.1 Å². The third-order valence-corrected chi connectivity index (χ3v) is 5.28. The van der Waals surface area contributed by atoms with Crippen molar-refractivity contribution in [1.29, 1.82) is 0 Å². The van der Waals surface area contributed by atoms with E-state index >= 15 is 0 Å². The number of carbonyl (C=O) groups excluding carboxylic acids is 4. The average molecular weight is 463 g/mol. The van der Waals surface area contributed by atoms with Gasteiger partial charge in [0.1, 0.15) is 23.9 Å². The second-order valence-electron chi connectivity index (χ2n) is 7.93. The minimum atomic E-state index is -1.23. The standard InChI is InChI=1S/C22H30N4O7/c1-3-18(28)23-13(2)20(30)25-16-5-4-10-26(21(16)31)12-19(29)24-17(22(32)33)11-14-6-8-15(27)9-7-14/h6-9,13,16-17,27H,3-5,10-12H2,1-2H3,(H,23,28)(H,24,29)(H,25,30)(H,32,33). The Labute approximate surface area is 191 Å². The number of phenolic OH excluding ortho intramolecular Hbond substituents is 1. The molecule has 0 aromatic heterocycles. The molecule has 1 saturated heterocycles. The number of likely N-dealkylation sites (tertiary alicyclic amines) is 1. The number of rotatable bonds is 10. The Morgan fingerprint density at radius 3 is 2.39 bits per heavy atom. The van der Waals surface area contributed by atoms with Gasteiger partial charge >= 0.3 is 5.97 Å². The van der Waals surface area contributed by atoms with Crippen molar-refractivity contribution in [2.24, 2.45) is 0 Å². The summed E-state index contributed by atoms with van der Waals surface area (Å²) in [4.78, 5) is 61.8. The Morgan fingerprint density at radius 1 is 1.12 bits per heavy atom. The van der Waals surface area contributed by atoms with E-state index in [-0.39, 0.29) is 31.0 Å². The van der Waals surface area contributed by atoms with Gasteiger partial charge in [0, 0.05) is 19.4 Å². The SMILES string of the molecule is CCC(=O)NC(C)C(=O)NC1CCCN(CC(=O)NC(Cc2ccc(O)cc2)C(=O)O)C1=O. The van der Waals surface area contributed by atoms with Crippen molar-refractivity contribution < 1.29 is 34.2 Å². The molecule has 0 bridgehead atoms. The molecule has 1 aromatic carbocycles. The second-order valence-corrected chi connectivity index (χ2v) is 7.93. The first kappa shape index (κ1) is 25.6. The zero-order valence-electron chi connectivity index (χ0n) is 18.7. The summed E-state index contributed by atoms with van der Waals surface area (Å²) in [6, 6.07) is 3.12. The van der Waals surface area contributed by atoms with Gasteiger partial charge in [-0.3, -0.25) is 19.2 Å². The molecule has 11 heteroatoms. The van der Waals surface area contributed by atoms with E-state index in [9.17, 15) is 34.2 Å². The summed E-state index contributed by atoms with van der Waals surface area (Å²) in [7, 11) is 0. The molecule has 1 aliphatic rings. The van der Waals surface area contributed by atoms with Crippen molar-refractivity contribution in [3.8, 4) is 5.75 Å². The first-order valence-corrected chi connectivity index (χ1v) is 10.8. The van der Waals surface area contributed by atoms with E-state index in [1.807, 2.05) is 0 Å². The highest BCUT2D eigenvalue weighted by Gasteiger charge is 2.32. The summed E-state index contributed by atoms with van der Waals surface area (Å²) in [6.45, 7) is 3.14. The Morgan fingerprint density at radius 2 is 1.79 bits per heavy atom. The molecular weight excluding hydrogens is 432 g/mol. The molecule has 1 fully saturated rings. The van der Waals surface area contributed by atoms with Crippen molar-refractivity contribution in [1.82, 2.24) is 20.9 Å². The van der Waals surface area contributed by atoms with Crippen LogP contribution >= 0.6 is 0 Å². The maximum Gasteiger partial charge on any atom is 0.326 e. The minimum Gasteiger partial charge on any atom is -0.508 e. The van der Waals surface area contributed by atoms with Crippen LogP contribution in [0.1, 0.15) is 38.7 Å². The van der Waals surface area contributed by atoms with Gasteiger partial charge in [0.25, 0.3) is 0 Å². The average Bonchev–Trinajstić information content (AvgIpc) is 2.77. The van der Waals surface area contributed by atoms with Crippen LogP contribution in [-0.2, 0) is 30.4 Å². The quantitative estimate of drug-likeness (QED) is 0.313. The molecule has 1 aromatic rings. The van der Waals surface area contributed by atoms with E-state index in [4.69, 9.17) is 0 Å². The molecule has 11 nitrogen and oxygen atoms in total. The Bertz CT molecular complexity index is 887. The molecule has 0 spiro atoms. The Kier molecular flexibility index (Phi) is 9.19. The van der Waals surface area contributed by atoms with Gasteiger partial charge in [-0.15, -0.1) is 0 Å². The molecule has 0 radical (unpaired) electrons. The van der Waals surface area contributed by atoms with E-state index in [0.717, 1.165) is 0 Å². The molecule has 3 atom stereocenters. The number of hydrogen-bond acceptors (Lipinski definition) is 6. The minimum absolute atomic E-state index is 0.00928. The molecular formula is C22H30N4O7. The van der Waals surface area contributed by atoms with Gasteiger partial charge < -0.3 is 31.1 Å². The van der Waals surface area contributed by atoms with E-state index in [1.165, 1.54) is 24.0 Å². The van der Waals surface area contributed by atoms with Crippen LogP contribution in [0.25, 0.3) is 0 Å². The molecule has 0 saturated carbocycles. The molecule has 1 heterocycles.